The molecule has 2 N–H and O–H groups in total. The summed E-state index contributed by atoms with van der Waals surface area (Å²) in [7, 11) is 0. The average molecular weight is 386 g/mol. The summed E-state index contributed by atoms with van der Waals surface area (Å²) in [5.74, 6) is 2.24. The van der Waals surface area contributed by atoms with Crippen LogP contribution >= 0.6 is 11.5 Å². The number of H-pyrrole nitrogens is 1. The minimum Gasteiger partial charge on any atom is -0.357 e. The molecule has 3 fully saturated rings. The standard InChI is InChI=1S/C20H27N5OS/c26-19(17-6-3-9-21-17)22-12-13-10-15-7-8-16(11-13)25(15)20-23-18(24-27-20)14-4-1-2-5-14/h3,6,9,13-16,21H,1-2,4-5,7-8,10-12H2,(H,22,26)/t13?,15-,16+. The third-order valence-electron chi connectivity index (χ3n) is 6.60. The number of carbonyl (C=O) groups excluding carboxylic acids is 1. The van der Waals surface area contributed by atoms with E-state index in [1.807, 2.05) is 12.1 Å². The van der Waals surface area contributed by atoms with E-state index < -0.39 is 0 Å². The highest BCUT2D eigenvalue weighted by atomic mass is 32.1. The molecule has 144 valence electrons. The Kier molecular flexibility index (Phi) is 4.63. The number of hydrogen-bond donors (Lipinski definition) is 2. The Labute approximate surface area is 163 Å². The lowest BCUT2D eigenvalue weighted by Gasteiger charge is -2.38. The Bertz CT molecular complexity index is 768. The molecule has 3 aliphatic rings. The third-order valence-corrected chi connectivity index (χ3v) is 7.34. The number of piperidine rings is 1. The number of aromatic amines is 1. The van der Waals surface area contributed by atoms with Crippen molar-refractivity contribution in [1.82, 2.24) is 19.7 Å². The van der Waals surface area contributed by atoms with Gasteiger partial charge >= 0.3 is 0 Å². The lowest BCUT2D eigenvalue weighted by molar-refractivity contribution is 0.0938. The number of carbonyl (C=O) groups is 1. The topological polar surface area (TPSA) is 73.9 Å². The lowest BCUT2D eigenvalue weighted by Crippen LogP contribution is -2.45. The van der Waals surface area contributed by atoms with Gasteiger partial charge in [-0.25, -0.2) is 4.98 Å². The Morgan fingerprint density at radius 3 is 2.70 bits per heavy atom. The van der Waals surface area contributed by atoms with Crippen molar-refractivity contribution in [1.29, 1.82) is 0 Å². The van der Waals surface area contributed by atoms with Gasteiger partial charge in [-0.2, -0.15) is 4.37 Å². The van der Waals surface area contributed by atoms with E-state index in [2.05, 4.69) is 15.2 Å². The summed E-state index contributed by atoms with van der Waals surface area (Å²) in [6, 6.07) is 4.79. The maximum atomic E-state index is 12.2. The van der Waals surface area contributed by atoms with Crippen molar-refractivity contribution in [2.75, 3.05) is 11.4 Å². The number of anilines is 1. The summed E-state index contributed by atoms with van der Waals surface area (Å²) >= 11 is 1.60. The Morgan fingerprint density at radius 2 is 2.00 bits per heavy atom. The van der Waals surface area contributed by atoms with E-state index in [0.717, 1.165) is 30.3 Å². The molecule has 7 heteroatoms. The molecule has 6 nitrogen and oxygen atoms in total. The van der Waals surface area contributed by atoms with Crippen LogP contribution < -0.4 is 10.2 Å². The van der Waals surface area contributed by atoms with Crippen molar-refractivity contribution >= 4 is 22.6 Å². The second kappa shape index (κ2) is 7.26. The molecule has 0 radical (unpaired) electrons. The van der Waals surface area contributed by atoms with Crippen LogP contribution in [0.15, 0.2) is 18.3 Å². The van der Waals surface area contributed by atoms with E-state index in [1.165, 1.54) is 38.5 Å². The highest BCUT2D eigenvalue weighted by Gasteiger charge is 2.42. The fourth-order valence-electron chi connectivity index (χ4n) is 5.25. The Morgan fingerprint density at radius 1 is 1.22 bits per heavy atom. The quantitative estimate of drug-likeness (QED) is 0.823. The van der Waals surface area contributed by atoms with Crippen LogP contribution in [0, 0.1) is 5.92 Å². The molecule has 1 aliphatic carbocycles. The van der Waals surface area contributed by atoms with Gasteiger partial charge < -0.3 is 15.2 Å². The first-order valence-corrected chi connectivity index (χ1v) is 11.1. The van der Waals surface area contributed by atoms with Crippen LogP contribution in [-0.2, 0) is 0 Å². The van der Waals surface area contributed by atoms with Crippen molar-refractivity contribution in [3.63, 3.8) is 0 Å². The van der Waals surface area contributed by atoms with Crippen molar-refractivity contribution in [3.05, 3.63) is 29.8 Å². The summed E-state index contributed by atoms with van der Waals surface area (Å²) < 4.78 is 4.71. The van der Waals surface area contributed by atoms with Crippen molar-refractivity contribution < 1.29 is 4.79 Å². The molecule has 0 spiro atoms. The second-order valence-electron chi connectivity index (χ2n) is 8.34. The van der Waals surface area contributed by atoms with E-state index in [4.69, 9.17) is 9.36 Å². The zero-order chi connectivity index (χ0) is 18.2. The summed E-state index contributed by atoms with van der Waals surface area (Å²) in [5, 5.41) is 4.24. The fourth-order valence-corrected chi connectivity index (χ4v) is 6.15. The van der Waals surface area contributed by atoms with E-state index in [9.17, 15) is 4.79 Å². The van der Waals surface area contributed by atoms with Crippen LogP contribution in [0.1, 0.15) is 73.6 Å². The van der Waals surface area contributed by atoms with Crippen LogP contribution in [-0.4, -0.2) is 38.9 Å². The number of nitrogens with zero attached hydrogens (tertiary/aromatic N) is 3. The predicted octanol–water partition coefficient (Wildman–Crippen LogP) is 3.70. The molecular formula is C20H27N5OS. The van der Waals surface area contributed by atoms with Crippen LogP contribution in [0.3, 0.4) is 0 Å². The number of amides is 1. The van der Waals surface area contributed by atoms with Crippen LogP contribution in [0.4, 0.5) is 5.13 Å². The smallest absolute Gasteiger partial charge is 0.267 e. The minimum absolute atomic E-state index is 0.0000976. The lowest BCUT2D eigenvalue weighted by atomic mass is 9.91. The molecule has 4 heterocycles. The molecule has 2 aromatic rings. The van der Waals surface area contributed by atoms with E-state index in [0.29, 0.717) is 29.6 Å². The largest absolute Gasteiger partial charge is 0.357 e. The summed E-state index contributed by atoms with van der Waals surface area (Å²) in [5.41, 5.74) is 0.642. The van der Waals surface area contributed by atoms with Gasteiger partial charge in [-0.3, -0.25) is 4.79 Å². The van der Waals surface area contributed by atoms with Gasteiger partial charge in [0.25, 0.3) is 5.91 Å². The highest BCUT2D eigenvalue weighted by molar-refractivity contribution is 7.09. The molecule has 1 saturated carbocycles. The predicted molar refractivity (Wildman–Crippen MR) is 106 cm³/mol. The summed E-state index contributed by atoms with van der Waals surface area (Å²) in [6.45, 7) is 0.766. The third kappa shape index (κ3) is 3.37. The van der Waals surface area contributed by atoms with E-state index in [-0.39, 0.29) is 5.91 Å². The SMILES string of the molecule is O=C(NCC1C[C@H]2CC[C@@H](C1)N2c1nc(C2CCCC2)ns1)c1ccc[nH]1. The van der Waals surface area contributed by atoms with Gasteiger partial charge in [0.15, 0.2) is 0 Å². The normalized spacial score (nSPS) is 28.0. The molecular weight excluding hydrogens is 358 g/mol. The van der Waals surface area contributed by atoms with Gasteiger partial charge in [0.2, 0.25) is 5.13 Å². The van der Waals surface area contributed by atoms with Crippen LogP contribution in [0.2, 0.25) is 0 Å². The summed E-state index contributed by atoms with van der Waals surface area (Å²) in [6.07, 6.45) is 11.7. The van der Waals surface area contributed by atoms with E-state index >= 15 is 0 Å². The average Bonchev–Trinajstić information content (AvgIpc) is 3.45. The molecule has 2 saturated heterocycles. The highest BCUT2D eigenvalue weighted by Crippen LogP contribution is 2.43. The van der Waals surface area contributed by atoms with Gasteiger partial charge in [-0.1, -0.05) is 12.8 Å². The fraction of sp³-hybridized carbons (Fsp3) is 0.650. The molecule has 1 unspecified atom stereocenters. The first-order valence-electron chi connectivity index (χ1n) is 10.3. The van der Waals surface area contributed by atoms with Crippen molar-refractivity contribution in [3.8, 4) is 0 Å². The summed E-state index contributed by atoms with van der Waals surface area (Å²) in [4.78, 5) is 22.7. The maximum Gasteiger partial charge on any atom is 0.267 e. The van der Waals surface area contributed by atoms with Crippen molar-refractivity contribution in [2.45, 2.75) is 69.4 Å². The molecule has 27 heavy (non-hydrogen) atoms. The molecule has 2 aliphatic heterocycles. The maximum absolute atomic E-state index is 12.2. The van der Waals surface area contributed by atoms with Crippen molar-refractivity contribution in [2.24, 2.45) is 5.92 Å². The van der Waals surface area contributed by atoms with E-state index in [1.54, 1.807) is 17.7 Å². The first-order chi connectivity index (χ1) is 13.3. The molecule has 1 amide bonds. The molecule has 2 aromatic heterocycles. The zero-order valence-electron chi connectivity index (χ0n) is 15.6. The molecule has 2 bridgehead atoms. The number of hydrogen-bond acceptors (Lipinski definition) is 5. The van der Waals surface area contributed by atoms with Crippen LogP contribution in [0.5, 0.6) is 0 Å². The number of aromatic nitrogens is 3. The number of nitrogens with one attached hydrogen (secondary N) is 2. The number of fused-ring (bicyclic) bond motifs is 2. The second-order valence-corrected chi connectivity index (χ2v) is 9.07. The van der Waals surface area contributed by atoms with Gasteiger partial charge in [-0.05, 0) is 56.6 Å². The Hall–Kier alpha value is -1.89. The molecule has 0 aromatic carbocycles. The van der Waals surface area contributed by atoms with Gasteiger partial charge in [0, 0.05) is 42.3 Å². The zero-order valence-corrected chi connectivity index (χ0v) is 16.4. The van der Waals surface area contributed by atoms with Crippen LogP contribution in [0.25, 0.3) is 0 Å². The minimum atomic E-state index is 0.0000976. The first kappa shape index (κ1) is 17.2. The van der Waals surface area contributed by atoms with Gasteiger partial charge in [0.1, 0.15) is 11.5 Å². The van der Waals surface area contributed by atoms with Gasteiger partial charge in [0.05, 0.1) is 0 Å². The van der Waals surface area contributed by atoms with Gasteiger partial charge in [-0.15, -0.1) is 0 Å². The molecule has 3 atom stereocenters. The monoisotopic (exact) mass is 385 g/mol. The molecule has 5 rings (SSSR count). The Balaban J connectivity index is 1.21. The number of rotatable bonds is 5.